The molecule has 0 bridgehead atoms. The lowest BCUT2D eigenvalue weighted by Gasteiger charge is -2.11. The van der Waals surface area contributed by atoms with Gasteiger partial charge in [0.1, 0.15) is 6.33 Å². The number of hydrogen-bond donors (Lipinski definition) is 3. The molecule has 8 nitrogen and oxygen atoms in total. The molecular weight excluding hydrogens is 268 g/mol. The van der Waals surface area contributed by atoms with E-state index in [4.69, 9.17) is 5.84 Å². The van der Waals surface area contributed by atoms with Crippen LogP contribution in [0.2, 0.25) is 0 Å². The second kappa shape index (κ2) is 6.49. The minimum absolute atomic E-state index is 0.331. The van der Waals surface area contributed by atoms with Gasteiger partial charge in [0.05, 0.1) is 0 Å². The first-order valence-corrected chi connectivity index (χ1v) is 7.30. The molecule has 0 unspecified atom stereocenters. The Labute approximate surface area is 123 Å². The topological polar surface area (TPSA) is 107 Å². The van der Waals surface area contributed by atoms with E-state index in [2.05, 4.69) is 30.7 Å². The van der Waals surface area contributed by atoms with Crippen molar-refractivity contribution in [2.24, 2.45) is 11.8 Å². The maximum atomic E-state index is 5.41. The number of imidazole rings is 1. The Bertz CT molecular complexity index is 562. The van der Waals surface area contributed by atoms with Crippen LogP contribution in [0.1, 0.15) is 32.1 Å². The first kappa shape index (κ1) is 13.7. The fourth-order valence-corrected chi connectivity index (χ4v) is 2.69. The predicted octanol–water partition coefficient (Wildman–Crippen LogP) is 1.34. The van der Waals surface area contributed by atoms with Crippen LogP contribution in [0.25, 0.3) is 5.95 Å². The van der Waals surface area contributed by atoms with Crippen LogP contribution in [0.5, 0.6) is 0 Å². The monoisotopic (exact) mass is 288 g/mol. The van der Waals surface area contributed by atoms with Crippen LogP contribution in [0.3, 0.4) is 0 Å². The summed E-state index contributed by atoms with van der Waals surface area (Å²) in [6.07, 6.45) is 11.6. The molecule has 21 heavy (non-hydrogen) atoms. The summed E-state index contributed by atoms with van der Waals surface area (Å²) in [6, 6.07) is 0. The molecule has 1 aliphatic carbocycles. The molecule has 2 heterocycles. The molecule has 1 fully saturated rings. The van der Waals surface area contributed by atoms with Crippen molar-refractivity contribution in [3.05, 3.63) is 18.7 Å². The van der Waals surface area contributed by atoms with Crippen molar-refractivity contribution in [1.82, 2.24) is 24.5 Å². The van der Waals surface area contributed by atoms with Gasteiger partial charge in [0, 0.05) is 18.9 Å². The van der Waals surface area contributed by atoms with Gasteiger partial charge in [-0.15, -0.1) is 0 Å². The molecule has 0 atom stereocenters. The van der Waals surface area contributed by atoms with Crippen molar-refractivity contribution in [2.75, 3.05) is 17.3 Å². The van der Waals surface area contributed by atoms with E-state index in [1.54, 1.807) is 23.3 Å². The summed E-state index contributed by atoms with van der Waals surface area (Å²) in [5, 5.41) is 3.26. The summed E-state index contributed by atoms with van der Waals surface area (Å²) in [7, 11) is 0. The van der Waals surface area contributed by atoms with Gasteiger partial charge in [-0.25, -0.2) is 10.8 Å². The van der Waals surface area contributed by atoms with Crippen molar-refractivity contribution >= 4 is 11.9 Å². The van der Waals surface area contributed by atoms with E-state index in [0.717, 1.165) is 18.9 Å². The Morgan fingerprint density at radius 1 is 1.19 bits per heavy atom. The average molecular weight is 288 g/mol. The molecule has 0 aliphatic heterocycles. The standard InChI is InChI=1S/C13H20N8/c14-20-12-17-11(16-6-5-10-3-1-2-4-10)18-13(19-12)21-8-7-15-9-21/h7-10H,1-6,14H2,(H2,16,17,18,19,20). The fourth-order valence-electron chi connectivity index (χ4n) is 2.69. The molecule has 8 heteroatoms. The number of rotatable bonds is 6. The van der Waals surface area contributed by atoms with E-state index >= 15 is 0 Å². The van der Waals surface area contributed by atoms with E-state index in [1.165, 1.54) is 25.7 Å². The third-order valence-electron chi connectivity index (χ3n) is 3.80. The molecule has 112 valence electrons. The summed E-state index contributed by atoms with van der Waals surface area (Å²) in [6.45, 7) is 0.863. The van der Waals surface area contributed by atoms with Crippen molar-refractivity contribution < 1.29 is 0 Å². The van der Waals surface area contributed by atoms with E-state index in [0.29, 0.717) is 17.8 Å². The number of nitrogens with one attached hydrogen (secondary N) is 2. The highest BCUT2D eigenvalue weighted by Crippen LogP contribution is 2.27. The first-order valence-electron chi connectivity index (χ1n) is 7.30. The van der Waals surface area contributed by atoms with Crippen LogP contribution in [0.4, 0.5) is 11.9 Å². The Balaban J connectivity index is 1.67. The summed E-state index contributed by atoms with van der Waals surface area (Å²) in [4.78, 5) is 16.8. The number of aromatic nitrogens is 5. The van der Waals surface area contributed by atoms with Crippen LogP contribution in [0.15, 0.2) is 18.7 Å². The molecule has 0 amide bonds. The lowest BCUT2D eigenvalue weighted by Crippen LogP contribution is -2.16. The molecule has 0 radical (unpaired) electrons. The average Bonchev–Trinajstić information content (AvgIpc) is 3.20. The van der Waals surface area contributed by atoms with Gasteiger partial charge >= 0.3 is 0 Å². The van der Waals surface area contributed by atoms with Crippen LogP contribution >= 0.6 is 0 Å². The molecule has 0 spiro atoms. The zero-order valence-electron chi connectivity index (χ0n) is 11.9. The van der Waals surface area contributed by atoms with Gasteiger partial charge in [0.2, 0.25) is 17.8 Å². The molecule has 0 saturated heterocycles. The lowest BCUT2D eigenvalue weighted by molar-refractivity contribution is 0.518. The van der Waals surface area contributed by atoms with Gasteiger partial charge in [-0.3, -0.25) is 9.99 Å². The van der Waals surface area contributed by atoms with Gasteiger partial charge in [-0.1, -0.05) is 25.7 Å². The molecule has 2 aromatic heterocycles. The zero-order chi connectivity index (χ0) is 14.5. The number of anilines is 2. The maximum Gasteiger partial charge on any atom is 0.243 e. The van der Waals surface area contributed by atoms with Gasteiger partial charge in [-0.2, -0.15) is 15.0 Å². The second-order valence-corrected chi connectivity index (χ2v) is 5.26. The molecule has 4 N–H and O–H groups in total. The van der Waals surface area contributed by atoms with Crippen molar-refractivity contribution in [3.8, 4) is 5.95 Å². The molecule has 3 rings (SSSR count). The number of nitrogen functional groups attached to an aromatic ring is 1. The summed E-state index contributed by atoms with van der Waals surface area (Å²) < 4.78 is 1.71. The Kier molecular flexibility index (Phi) is 4.25. The molecule has 0 aromatic carbocycles. The van der Waals surface area contributed by atoms with Crippen LogP contribution in [-0.2, 0) is 0 Å². The smallest absolute Gasteiger partial charge is 0.243 e. The Morgan fingerprint density at radius 3 is 2.71 bits per heavy atom. The third-order valence-corrected chi connectivity index (χ3v) is 3.80. The number of nitrogens with zero attached hydrogens (tertiary/aromatic N) is 5. The quantitative estimate of drug-likeness (QED) is 0.544. The first-order chi connectivity index (χ1) is 10.3. The van der Waals surface area contributed by atoms with Crippen LogP contribution in [-0.4, -0.2) is 31.0 Å². The highest BCUT2D eigenvalue weighted by molar-refractivity contribution is 5.37. The van der Waals surface area contributed by atoms with Gasteiger partial charge < -0.3 is 5.32 Å². The normalized spacial score (nSPS) is 15.3. The number of nitrogens with two attached hydrogens (primary N) is 1. The van der Waals surface area contributed by atoms with Gasteiger partial charge in [0.25, 0.3) is 0 Å². The molecule has 1 saturated carbocycles. The van der Waals surface area contributed by atoms with Crippen LogP contribution < -0.4 is 16.6 Å². The lowest BCUT2D eigenvalue weighted by atomic mass is 10.0. The highest BCUT2D eigenvalue weighted by atomic mass is 15.4. The van der Waals surface area contributed by atoms with Crippen LogP contribution in [0, 0.1) is 5.92 Å². The Hall–Kier alpha value is -2.22. The molecule has 1 aliphatic rings. The number of hydrazine groups is 1. The van der Waals surface area contributed by atoms with E-state index in [9.17, 15) is 0 Å². The maximum absolute atomic E-state index is 5.41. The largest absolute Gasteiger partial charge is 0.354 e. The summed E-state index contributed by atoms with van der Waals surface area (Å²) >= 11 is 0. The zero-order valence-corrected chi connectivity index (χ0v) is 11.9. The van der Waals surface area contributed by atoms with Gasteiger partial charge in [-0.05, 0) is 12.3 Å². The third kappa shape index (κ3) is 3.46. The minimum atomic E-state index is 0.331. The SMILES string of the molecule is NNc1nc(NCCC2CCCC2)nc(-n2ccnc2)n1. The second-order valence-electron chi connectivity index (χ2n) is 5.26. The fraction of sp³-hybridized carbons (Fsp3) is 0.538. The van der Waals surface area contributed by atoms with E-state index in [1.807, 2.05) is 0 Å². The Morgan fingerprint density at radius 2 is 2.00 bits per heavy atom. The minimum Gasteiger partial charge on any atom is -0.354 e. The van der Waals surface area contributed by atoms with E-state index < -0.39 is 0 Å². The van der Waals surface area contributed by atoms with Gasteiger partial charge in [0.15, 0.2) is 0 Å². The van der Waals surface area contributed by atoms with E-state index in [-0.39, 0.29) is 0 Å². The number of hydrogen-bond acceptors (Lipinski definition) is 7. The molecular formula is C13H20N8. The molecule has 2 aromatic rings. The van der Waals surface area contributed by atoms with Crippen molar-refractivity contribution in [3.63, 3.8) is 0 Å². The summed E-state index contributed by atoms with van der Waals surface area (Å²) in [5.41, 5.74) is 2.47. The van der Waals surface area contributed by atoms with Crippen molar-refractivity contribution in [2.45, 2.75) is 32.1 Å². The highest BCUT2D eigenvalue weighted by Gasteiger charge is 2.14. The summed E-state index contributed by atoms with van der Waals surface area (Å²) in [5.74, 6) is 7.59. The predicted molar refractivity (Wildman–Crippen MR) is 79.8 cm³/mol. The van der Waals surface area contributed by atoms with Crippen molar-refractivity contribution in [1.29, 1.82) is 0 Å².